The Kier molecular flexibility index (Phi) is 6.10. The molecule has 4 rings (SSSR count). The molecule has 2 heterocycles. The Balaban J connectivity index is 1.38. The van der Waals surface area contributed by atoms with Crippen LogP contribution in [0.3, 0.4) is 0 Å². The summed E-state index contributed by atoms with van der Waals surface area (Å²) < 4.78 is 27.2. The molecule has 0 saturated carbocycles. The average Bonchev–Trinajstić information content (AvgIpc) is 3.23. The van der Waals surface area contributed by atoms with Crippen LogP contribution in [0.4, 0.5) is 5.69 Å². The summed E-state index contributed by atoms with van der Waals surface area (Å²) in [5, 5.41) is 14.8. The molecule has 162 valence electrons. The topological polar surface area (TPSA) is 110 Å². The standard InChI is InChI=1S/C21H24N6O3S/c1-16-6-5-13-26(14-16)31(29,30)19-11-9-18(10-12-19)22-20(28)15-27-24-21(23-25-27)17-7-3-2-4-8-17/h2-4,7-12,16H,5-6,13-15H2,1H3,(H,22,28). The smallest absolute Gasteiger partial charge is 0.248 e. The van der Waals surface area contributed by atoms with Gasteiger partial charge in [0.25, 0.3) is 0 Å². The van der Waals surface area contributed by atoms with Gasteiger partial charge in [-0.3, -0.25) is 4.79 Å². The van der Waals surface area contributed by atoms with Gasteiger partial charge in [-0.15, -0.1) is 10.2 Å². The number of aromatic nitrogens is 4. The third kappa shape index (κ3) is 4.97. The maximum atomic E-state index is 12.8. The van der Waals surface area contributed by atoms with Gasteiger partial charge in [0.15, 0.2) is 0 Å². The van der Waals surface area contributed by atoms with Crippen molar-refractivity contribution in [3.63, 3.8) is 0 Å². The molecule has 0 bridgehead atoms. The zero-order valence-corrected chi connectivity index (χ0v) is 18.0. The van der Waals surface area contributed by atoms with Gasteiger partial charge in [0, 0.05) is 24.3 Å². The fourth-order valence-electron chi connectivity index (χ4n) is 3.57. The summed E-state index contributed by atoms with van der Waals surface area (Å²) in [6.45, 7) is 3.04. The Morgan fingerprint density at radius 3 is 2.58 bits per heavy atom. The second-order valence-corrected chi connectivity index (χ2v) is 9.63. The van der Waals surface area contributed by atoms with Crippen molar-refractivity contribution in [2.45, 2.75) is 31.2 Å². The molecule has 10 heteroatoms. The van der Waals surface area contributed by atoms with Crippen LogP contribution in [-0.2, 0) is 21.4 Å². The first-order chi connectivity index (χ1) is 14.9. The molecular weight excluding hydrogens is 416 g/mol. The van der Waals surface area contributed by atoms with Gasteiger partial charge in [0.05, 0.1) is 4.90 Å². The Labute approximate surface area is 181 Å². The maximum absolute atomic E-state index is 12.8. The van der Waals surface area contributed by atoms with Crippen molar-refractivity contribution in [1.29, 1.82) is 0 Å². The molecule has 3 aromatic rings. The van der Waals surface area contributed by atoms with E-state index in [1.807, 2.05) is 30.3 Å². The Hall–Kier alpha value is -3.11. The quantitative estimate of drug-likeness (QED) is 0.630. The first kappa shape index (κ1) is 21.1. The van der Waals surface area contributed by atoms with Crippen LogP contribution in [0.15, 0.2) is 59.5 Å². The number of rotatable bonds is 6. The number of nitrogens with one attached hydrogen (secondary N) is 1. The van der Waals surface area contributed by atoms with Gasteiger partial charge in [0.1, 0.15) is 6.54 Å². The minimum absolute atomic E-state index is 0.106. The van der Waals surface area contributed by atoms with E-state index in [2.05, 4.69) is 27.7 Å². The van der Waals surface area contributed by atoms with E-state index in [0.29, 0.717) is 30.5 Å². The molecule has 1 fully saturated rings. The van der Waals surface area contributed by atoms with E-state index in [1.54, 1.807) is 12.1 Å². The Bertz CT molecular complexity index is 1150. The lowest BCUT2D eigenvalue weighted by Gasteiger charge is -2.30. The molecule has 31 heavy (non-hydrogen) atoms. The molecule has 1 amide bonds. The first-order valence-corrected chi connectivity index (χ1v) is 11.6. The van der Waals surface area contributed by atoms with Crippen LogP contribution >= 0.6 is 0 Å². The molecule has 1 aliphatic rings. The van der Waals surface area contributed by atoms with Crippen LogP contribution in [0.1, 0.15) is 19.8 Å². The van der Waals surface area contributed by atoms with E-state index in [9.17, 15) is 13.2 Å². The number of anilines is 1. The Morgan fingerprint density at radius 1 is 1.13 bits per heavy atom. The zero-order valence-electron chi connectivity index (χ0n) is 17.2. The minimum Gasteiger partial charge on any atom is -0.324 e. The Morgan fingerprint density at radius 2 is 1.87 bits per heavy atom. The van der Waals surface area contributed by atoms with E-state index in [-0.39, 0.29) is 17.3 Å². The summed E-state index contributed by atoms with van der Waals surface area (Å²) in [4.78, 5) is 13.8. The largest absolute Gasteiger partial charge is 0.324 e. The number of carbonyl (C=O) groups is 1. The molecule has 9 nitrogen and oxygen atoms in total. The second kappa shape index (κ2) is 8.94. The lowest BCUT2D eigenvalue weighted by Crippen LogP contribution is -2.39. The number of hydrogen-bond donors (Lipinski definition) is 1. The average molecular weight is 441 g/mol. The molecular formula is C21H24N6O3S. The van der Waals surface area contributed by atoms with Gasteiger partial charge in [-0.05, 0) is 48.2 Å². The van der Waals surface area contributed by atoms with Crippen molar-refractivity contribution >= 4 is 21.6 Å². The van der Waals surface area contributed by atoms with Crippen molar-refractivity contribution in [2.24, 2.45) is 5.92 Å². The zero-order chi connectivity index (χ0) is 21.8. The van der Waals surface area contributed by atoms with Gasteiger partial charge in [0.2, 0.25) is 21.8 Å². The normalized spacial score (nSPS) is 17.4. The fraction of sp³-hybridized carbons (Fsp3) is 0.333. The maximum Gasteiger partial charge on any atom is 0.248 e. The molecule has 2 aromatic carbocycles. The summed E-state index contributed by atoms with van der Waals surface area (Å²) in [5.74, 6) is 0.461. The van der Waals surface area contributed by atoms with Crippen LogP contribution in [-0.4, -0.2) is 51.9 Å². The highest BCUT2D eigenvalue weighted by Gasteiger charge is 2.28. The van der Waals surface area contributed by atoms with E-state index in [1.165, 1.54) is 21.2 Å². The highest BCUT2D eigenvalue weighted by molar-refractivity contribution is 7.89. The lowest BCUT2D eigenvalue weighted by atomic mass is 10.0. The lowest BCUT2D eigenvalue weighted by molar-refractivity contribution is -0.117. The van der Waals surface area contributed by atoms with E-state index in [4.69, 9.17) is 0 Å². The molecule has 1 aliphatic heterocycles. The number of carbonyl (C=O) groups excluding carboxylic acids is 1. The highest BCUT2D eigenvalue weighted by atomic mass is 32.2. The molecule has 0 spiro atoms. The summed E-state index contributed by atoms with van der Waals surface area (Å²) in [7, 11) is -3.52. The van der Waals surface area contributed by atoms with Crippen LogP contribution in [0.2, 0.25) is 0 Å². The minimum atomic E-state index is -3.52. The summed E-state index contributed by atoms with van der Waals surface area (Å²) >= 11 is 0. The number of nitrogens with zero attached hydrogens (tertiary/aromatic N) is 5. The predicted octanol–water partition coefficient (Wildman–Crippen LogP) is 2.40. The number of amides is 1. The summed E-state index contributed by atoms with van der Waals surface area (Å²) in [5.41, 5.74) is 1.31. The van der Waals surface area contributed by atoms with Crippen molar-refractivity contribution in [3.05, 3.63) is 54.6 Å². The molecule has 1 unspecified atom stereocenters. The van der Waals surface area contributed by atoms with E-state index >= 15 is 0 Å². The molecule has 1 atom stereocenters. The fourth-order valence-corrected chi connectivity index (χ4v) is 5.16. The number of piperidine rings is 1. The molecule has 0 radical (unpaired) electrons. The van der Waals surface area contributed by atoms with Crippen molar-refractivity contribution in [3.8, 4) is 11.4 Å². The molecule has 1 aromatic heterocycles. The van der Waals surface area contributed by atoms with Crippen molar-refractivity contribution < 1.29 is 13.2 Å². The van der Waals surface area contributed by atoms with E-state index < -0.39 is 10.0 Å². The monoisotopic (exact) mass is 440 g/mol. The predicted molar refractivity (Wildman–Crippen MR) is 115 cm³/mol. The third-order valence-electron chi connectivity index (χ3n) is 5.17. The molecule has 1 N–H and O–H groups in total. The van der Waals surface area contributed by atoms with Crippen LogP contribution in [0.25, 0.3) is 11.4 Å². The number of hydrogen-bond acceptors (Lipinski definition) is 6. The SMILES string of the molecule is CC1CCCN(S(=O)(=O)c2ccc(NC(=O)Cn3nnc(-c4ccccc4)n3)cc2)C1. The third-order valence-corrected chi connectivity index (χ3v) is 7.04. The molecule has 0 aliphatic carbocycles. The summed E-state index contributed by atoms with van der Waals surface area (Å²) in [6, 6.07) is 15.6. The van der Waals surface area contributed by atoms with Gasteiger partial charge < -0.3 is 5.32 Å². The van der Waals surface area contributed by atoms with E-state index in [0.717, 1.165) is 18.4 Å². The summed E-state index contributed by atoms with van der Waals surface area (Å²) in [6.07, 6.45) is 1.92. The molecule has 1 saturated heterocycles. The number of tetrazole rings is 1. The van der Waals surface area contributed by atoms with Gasteiger partial charge in [-0.1, -0.05) is 37.3 Å². The van der Waals surface area contributed by atoms with Crippen LogP contribution < -0.4 is 5.32 Å². The first-order valence-electron chi connectivity index (χ1n) is 10.1. The van der Waals surface area contributed by atoms with Gasteiger partial charge >= 0.3 is 0 Å². The van der Waals surface area contributed by atoms with Gasteiger partial charge in [-0.25, -0.2) is 8.42 Å². The van der Waals surface area contributed by atoms with Crippen molar-refractivity contribution in [2.75, 3.05) is 18.4 Å². The van der Waals surface area contributed by atoms with Crippen LogP contribution in [0, 0.1) is 5.92 Å². The van der Waals surface area contributed by atoms with Crippen molar-refractivity contribution in [1.82, 2.24) is 24.5 Å². The number of benzene rings is 2. The number of sulfonamides is 1. The highest BCUT2D eigenvalue weighted by Crippen LogP contribution is 2.24. The second-order valence-electron chi connectivity index (χ2n) is 7.69. The van der Waals surface area contributed by atoms with Gasteiger partial charge in [-0.2, -0.15) is 9.10 Å². The van der Waals surface area contributed by atoms with Crippen LogP contribution in [0.5, 0.6) is 0 Å².